The predicted molar refractivity (Wildman–Crippen MR) is 68.9 cm³/mol. The first-order valence-electron chi connectivity index (χ1n) is 5.21. The Morgan fingerprint density at radius 3 is 2.53 bits per heavy atom. The zero-order valence-electron chi connectivity index (χ0n) is 9.37. The Morgan fingerprint density at radius 2 is 2.00 bits per heavy atom. The molecule has 1 heterocycles. The highest BCUT2D eigenvalue weighted by Crippen LogP contribution is 2.25. The van der Waals surface area contributed by atoms with Crippen molar-refractivity contribution in [2.75, 3.05) is 11.9 Å². The second-order valence-corrected chi connectivity index (χ2v) is 5.39. The number of amidine groups is 1. The lowest BCUT2D eigenvalue weighted by Gasteiger charge is -2.11. The van der Waals surface area contributed by atoms with Crippen molar-refractivity contribution in [2.24, 2.45) is 4.99 Å². The Morgan fingerprint density at radius 1 is 1.33 bits per heavy atom. The molecule has 1 N–H and O–H groups in total. The molecule has 0 fully saturated rings. The molecule has 1 atom stereocenters. The normalized spacial score (nSPS) is 20.2. The maximum absolute atomic E-state index is 4.46. The second kappa shape index (κ2) is 4.27. The van der Waals surface area contributed by atoms with Gasteiger partial charge in [-0.25, -0.2) is 0 Å². The number of benzene rings is 1. The fourth-order valence-corrected chi connectivity index (χ4v) is 2.50. The molecule has 0 spiro atoms. The number of rotatable bonds is 1. The number of thioether (sulfide) groups is 1. The van der Waals surface area contributed by atoms with Gasteiger partial charge in [-0.3, -0.25) is 4.99 Å². The highest BCUT2D eigenvalue weighted by molar-refractivity contribution is 8.15. The van der Waals surface area contributed by atoms with E-state index in [1.807, 2.05) is 11.8 Å². The third-order valence-corrected chi connectivity index (χ3v) is 3.52. The minimum Gasteiger partial charge on any atom is -0.335 e. The minimum absolute atomic E-state index is 0.608. The lowest BCUT2D eigenvalue weighted by Crippen LogP contribution is -2.08. The van der Waals surface area contributed by atoms with Gasteiger partial charge in [-0.05, 0) is 25.0 Å². The van der Waals surface area contributed by atoms with Crippen LogP contribution in [0, 0.1) is 13.8 Å². The molecule has 15 heavy (non-hydrogen) atoms. The highest BCUT2D eigenvalue weighted by atomic mass is 32.2. The Labute approximate surface area is 95.2 Å². The van der Waals surface area contributed by atoms with Crippen molar-refractivity contribution in [2.45, 2.75) is 26.0 Å². The molecule has 80 valence electrons. The van der Waals surface area contributed by atoms with Crippen molar-refractivity contribution in [3.8, 4) is 0 Å². The van der Waals surface area contributed by atoms with E-state index in [1.54, 1.807) is 0 Å². The summed E-state index contributed by atoms with van der Waals surface area (Å²) in [6.07, 6.45) is 0. The van der Waals surface area contributed by atoms with Crippen molar-refractivity contribution >= 4 is 22.6 Å². The van der Waals surface area contributed by atoms with Gasteiger partial charge in [-0.2, -0.15) is 0 Å². The number of aryl methyl sites for hydroxylation is 2. The molecule has 0 radical (unpaired) electrons. The van der Waals surface area contributed by atoms with Gasteiger partial charge in [-0.15, -0.1) is 0 Å². The van der Waals surface area contributed by atoms with E-state index in [1.165, 1.54) is 16.8 Å². The summed E-state index contributed by atoms with van der Waals surface area (Å²) < 4.78 is 0. The number of hydrogen-bond donors (Lipinski definition) is 1. The monoisotopic (exact) mass is 220 g/mol. The van der Waals surface area contributed by atoms with Gasteiger partial charge in [0.1, 0.15) is 0 Å². The largest absolute Gasteiger partial charge is 0.335 e. The van der Waals surface area contributed by atoms with Gasteiger partial charge in [0.2, 0.25) is 0 Å². The zero-order valence-corrected chi connectivity index (χ0v) is 10.2. The van der Waals surface area contributed by atoms with Gasteiger partial charge in [0.15, 0.2) is 5.17 Å². The summed E-state index contributed by atoms with van der Waals surface area (Å²) in [6.45, 7) is 7.38. The lowest BCUT2D eigenvalue weighted by molar-refractivity contribution is 0.976. The van der Waals surface area contributed by atoms with E-state index in [0.717, 1.165) is 11.7 Å². The maximum Gasteiger partial charge on any atom is 0.161 e. The molecular formula is C12H16N2S. The molecule has 1 aliphatic rings. The van der Waals surface area contributed by atoms with Crippen LogP contribution in [0.4, 0.5) is 5.69 Å². The molecule has 0 bridgehead atoms. The number of hydrogen-bond acceptors (Lipinski definition) is 3. The summed E-state index contributed by atoms with van der Waals surface area (Å²) in [4.78, 5) is 4.46. The summed E-state index contributed by atoms with van der Waals surface area (Å²) in [7, 11) is 0. The van der Waals surface area contributed by atoms with Crippen LogP contribution in [0.25, 0.3) is 0 Å². The number of aliphatic imine (C=N–C) groups is 1. The first kappa shape index (κ1) is 10.6. The number of nitrogens with zero attached hydrogens (tertiary/aromatic N) is 1. The van der Waals surface area contributed by atoms with Crippen molar-refractivity contribution in [1.29, 1.82) is 0 Å². The topological polar surface area (TPSA) is 24.4 Å². The zero-order chi connectivity index (χ0) is 10.8. The Hall–Kier alpha value is -0.960. The SMILES string of the molecule is Cc1cccc(C)c1NC1=NC[C@@H](C)S1. The van der Waals surface area contributed by atoms with Crippen molar-refractivity contribution in [1.82, 2.24) is 0 Å². The molecule has 2 nitrogen and oxygen atoms in total. The molecule has 0 amide bonds. The third-order valence-electron chi connectivity index (χ3n) is 2.52. The average Bonchev–Trinajstić information content (AvgIpc) is 2.58. The van der Waals surface area contributed by atoms with Gasteiger partial charge in [0.05, 0.1) is 6.54 Å². The number of para-hydroxylation sites is 1. The molecule has 2 rings (SSSR count). The van der Waals surface area contributed by atoms with Gasteiger partial charge >= 0.3 is 0 Å². The Kier molecular flexibility index (Phi) is 3.00. The van der Waals surface area contributed by atoms with E-state index in [-0.39, 0.29) is 0 Å². The van der Waals surface area contributed by atoms with Gasteiger partial charge in [0, 0.05) is 10.9 Å². The van der Waals surface area contributed by atoms with Gasteiger partial charge in [-0.1, -0.05) is 36.9 Å². The van der Waals surface area contributed by atoms with Crippen LogP contribution in [0.1, 0.15) is 18.1 Å². The van der Waals surface area contributed by atoms with E-state index in [0.29, 0.717) is 5.25 Å². The summed E-state index contributed by atoms with van der Waals surface area (Å²) in [5.74, 6) is 0. The molecule has 0 aliphatic carbocycles. The maximum atomic E-state index is 4.46. The van der Waals surface area contributed by atoms with Gasteiger partial charge < -0.3 is 5.32 Å². The van der Waals surface area contributed by atoms with Crippen LogP contribution in [0.15, 0.2) is 23.2 Å². The number of anilines is 1. The van der Waals surface area contributed by atoms with Crippen LogP contribution in [0.2, 0.25) is 0 Å². The number of nitrogens with one attached hydrogen (secondary N) is 1. The van der Waals surface area contributed by atoms with E-state index < -0.39 is 0 Å². The molecule has 1 aliphatic heterocycles. The molecule has 1 aromatic rings. The van der Waals surface area contributed by atoms with Crippen LogP contribution in [-0.2, 0) is 0 Å². The van der Waals surface area contributed by atoms with Crippen LogP contribution >= 0.6 is 11.8 Å². The smallest absolute Gasteiger partial charge is 0.161 e. The molecular weight excluding hydrogens is 204 g/mol. The van der Waals surface area contributed by atoms with E-state index in [9.17, 15) is 0 Å². The van der Waals surface area contributed by atoms with Crippen LogP contribution in [0.5, 0.6) is 0 Å². The van der Waals surface area contributed by atoms with Crippen molar-refractivity contribution in [3.05, 3.63) is 29.3 Å². The molecule has 0 unspecified atom stereocenters. The van der Waals surface area contributed by atoms with Gasteiger partial charge in [0.25, 0.3) is 0 Å². The minimum atomic E-state index is 0.608. The van der Waals surface area contributed by atoms with E-state index in [2.05, 4.69) is 49.3 Å². The Balaban J connectivity index is 2.18. The molecule has 1 aromatic carbocycles. The summed E-state index contributed by atoms with van der Waals surface area (Å²) in [6, 6.07) is 6.33. The second-order valence-electron chi connectivity index (χ2n) is 3.97. The summed E-state index contributed by atoms with van der Waals surface area (Å²) in [5, 5.41) is 5.08. The third kappa shape index (κ3) is 2.34. The summed E-state index contributed by atoms with van der Waals surface area (Å²) in [5.41, 5.74) is 3.76. The molecule has 0 saturated heterocycles. The van der Waals surface area contributed by atoms with Crippen molar-refractivity contribution in [3.63, 3.8) is 0 Å². The van der Waals surface area contributed by atoms with Crippen molar-refractivity contribution < 1.29 is 0 Å². The quantitative estimate of drug-likeness (QED) is 0.786. The fourth-order valence-electron chi connectivity index (χ4n) is 1.66. The molecule has 3 heteroatoms. The van der Waals surface area contributed by atoms with Crippen LogP contribution in [-0.4, -0.2) is 17.0 Å². The molecule has 0 aromatic heterocycles. The first-order chi connectivity index (χ1) is 7.16. The fraction of sp³-hybridized carbons (Fsp3) is 0.417. The lowest BCUT2D eigenvalue weighted by atomic mass is 10.1. The predicted octanol–water partition coefficient (Wildman–Crippen LogP) is 3.21. The summed E-state index contributed by atoms with van der Waals surface area (Å²) >= 11 is 1.82. The first-order valence-corrected chi connectivity index (χ1v) is 6.09. The van der Waals surface area contributed by atoms with E-state index in [4.69, 9.17) is 0 Å². The highest BCUT2D eigenvalue weighted by Gasteiger charge is 2.15. The van der Waals surface area contributed by atoms with Crippen LogP contribution < -0.4 is 5.32 Å². The standard InChI is InChI=1S/C12H16N2S/c1-8-5-4-6-9(2)11(8)14-12-13-7-10(3)15-12/h4-6,10H,7H2,1-3H3,(H,13,14)/t10-/m1/s1. The van der Waals surface area contributed by atoms with E-state index >= 15 is 0 Å². The Bertz CT molecular complexity index is 378. The molecule has 0 saturated carbocycles. The van der Waals surface area contributed by atoms with Crippen LogP contribution in [0.3, 0.4) is 0 Å². The average molecular weight is 220 g/mol.